The second-order valence-electron chi connectivity index (χ2n) is 6.02. The molecule has 2 aliphatic heterocycles. The molecule has 2 saturated heterocycles. The van der Waals surface area contributed by atoms with Crippen LogP contribution in [0.3, 0.4) is 0 Å². The Labute approximate surface area is 134 Å². The Bertz CT molecular complexity index is 560. The highest BCUT2D eigenvalue weighted by atomic mass is 16.5. The SMILES string of the molecule is O=C(O)[C@@H]1CN(C(=O)CN2CCOCC2)C[C@H]1c1cccnc1. The summed E-state index contributed by atoms with van der Waals surface area (Å²) in [5.74, 6) is -1.65. The topological polar surface area (TPSA) is 83.0 Å². The van der Waals surface area contributed by atoms with Gasteiger partial charge in [0.1, 0.15) is 0 Å². The monoisotopic (exact) mass is 319 g/mol. The van der Waals surface area contributed by atoms with Gasteiger partial charge < -0.3 is 14.7 Å². The smallest absolute Gasteiger partial charge is 0.308 e. The number of rotatable bonds is 4. The second kappa shape index (κ2) is 7.06. The molecule has 0 spiro atoms. The van der Waals surface area contributed by atoms with E-state index in [-0.39, 0.29) is 18.4 Å². The van der Waals surface area contributed by atoms with Gasteiger partial charge in [-0.3, -0.25) is 19.5 Å². The Morgan fingerprint density at radius 1 is 1.30 bits per heavy atom. The number of nitrogens with zero attached hydrogens (tertiary/aromatic N) is 3. The zero-order chi connectivity index (χ0) is 16.2. The van der Waals surface area contributed by atoms with Crippen molar-refractivity contribution in [2.45, 2.75) is 5.92 Å². The van der Waals surface area contributed by atoms with E-state index in [2.05, 4.69) is 9.88 Å². The molecular weight excluding hydrogens is 298 g/mol. The first-order valence-electron chi connectivity index (χ1n) is 7.86. The summed E-state index contributed by atoms with van der Waals surface area (Å²) in [6.07, 6.45) is 3.35. The Balaban J connectivity index is 1.67. The molecule has 0 radical (unpaired) electrons. The maximum absolute atomic E-state index is 12.5. The maximum Gasteiger partial charge on any atom is 0.308 e. The number of carbonyl (C=O) groups excluding carboxylic acids is 1. The van der Waals surface area contributed by atoms with Crippen LogP contribution >= 0.6 is 0 Å². The molecule has 7 heteroatoms. The molecule has 2 fully saturated rings. The summed E-state index contributed by atoms with van der Waals surface area (Å²) < 4.78 is 5.28. The molecule has 2 atom stereocenters. The summed E-state index contributed by atoms with van der Waals surface area (Å²) >= 11 is 0. The molecule has 3 rings (SSSR count). The first kappa shape index (κ1) is 15.9. The number of carboxylic acid groups (broad SMARTS) is 1. The van der Waals surface area contributed by atoms with Gasteiger partial charge in [-0.15, -0.1) is 0 Å². The van der Waals surface area contributed by atoms with Gasteiger partial charge in [0.15, 0.2) is 0 Å². The molecule has 7 nitrogen and oxygen atoms in total. The van der Waals surface area contributed by atoms with Crippen molar-refractivity contribution in [2.75, 3.05) is 45.9 Å². The first-order valence-corrected chi connectivity index (χ1v) is 7.86. The van der Waals surface area contributed by atoms with Gasteiger partial charge in [-0.25, -0.2) is 0 Å². The fourth-order valence-electron chi connectivity index (χ4n) is 3.24. The minimum atomic E-state index is -0.861. The van der Waals surface area contributed by atoms with Crippen molar-refractivity contribution in [3.8, 4) is 0 Å². The van der Waals surface area contributed by atoms with Crippen molar-refractivity contribution in [3.05, 3.63) is 30.1 Å². The predicted molar refractivity (Wildman–Crippen MR) is 81.9 cm³/mol. The van der Waals surface area contributed by atoms with Crippen LogP contribution in [0.2, 0.25) is 0 Å². The predicted octanol–water partition coefficient (Wildman–Crippen LogP) is 0.0404. The normalized spacial score (nSPS) is 25.5. The van der Waals surface area contributed by atoms with Crippen molar-refractivity contribution in [1.82, 2.24) is 14.8 Å². The highest BCUT2D eigenvalue weighted by molar-refractivity contribution is 5.81. The van der Waals surface area contributed by atoms with E-state index in [1.165, 1.54) is 0 Å². The average Bonchev–Trinajstić information content (AvgIpc) is 3.02. The number of hydrogen-bond acceptors (Lipinski definition) is 5. The van der Waals surface area contributed by atoms with Crippen molar-refractivity contribution in [3.63, 3.8) is 0 Å². The van der Waals surface area contributed by atoms with Crippen LogP contribution in [0.1, 0.15) is 11.5 Å². The van der Waals surface area contributed by atoms with E-state index in [4.69, 9.17) is 4.74 Å². The molecule has 1 amide bonds. The average molecular weight is 319 g/mol. The molecular formula is C16H21N3O4. The summed E-state index contributed by atoms with van der Waals surface area (Å²) in [5, 5.41) is 9.48. The quantitative estimate of drug-likeness (QED) is 0.844. The molecule has 0 aromatic carbocycles. The molecule has 3 heterocycles. The highest BCUT2D eigenvalue weighted by Crippen LogP contribution is 2.32. The van der Waals surface area contributed by atoms with Gasteiger partial charge in [-0.2, -0.15) is 0 Å². The third-order valence-corrected chi connectivity index (χ3v) is 4.56. The maximum atomic E-state index is 12.5. The third kappa shape index (κ3) is 3.68. The third-order valence-electron chi connectivity index (χ3n) is 4.56. The van der Waals surface area contributed by atoms with Crippen molar-refractivity contribution in [1.29, 1.82) is 0 Å². The van der Waals surface area contributed by atoms with Gasteiger partial charge in [0.25, 0.3) is 0 Å². The van der Waals surface area contributed by atoms with Crippen LogP contribution in [-0.4, -0.2) is 77.7 Å². The van der Waals surface area contributed by atoms with Crippen molar-refractivity contribution < 1.29 is 19.4 Å². The van der Waals surface area contributed by atoms with E-state index in [1.54, 1.807) is 23.4 Å². The number of morpholine rings is 1. The molecule has 1 aromatic heterocycles. The minimum Gasteiger partial charge on any atom is -0.481 e. The van der Waals surface area contributed by atoms with E-state index in [9.17, 15) is 14.7 Å². The lowest BCUT2D eigenvalue weighted by Crippen LogP contribution is -2.44. The fourth-order valence-corrected chi connectivity index (χ4v) is 3.24. The second-order valence-corrected chi connectivity index (χ2v) is 6.02. The van der Waals surface area contributed by atoms with Crippen molar-refractivity contribution in [2.24, 2.45) is 5.92 Å². The zero-order valence-corrected chi connectivity index (χ0v) is 12.9. The summed E-state index contributed by atoms with van der Waals surface area (Å²) in [7, 11) is 0. The Hall–Kier alpha value is -1.99. The van der Waals surface area contributed by atoms with Crippen LogP contribution in [0.4, 0.5) is 0 Å². The molecule has 0 aliphatic carbocycles. The number of ether oxygens (including phenoxy) is 1. The number of carboxylic acids is 1. The van der Waals surface area contributed by atoms with Crippen molar-refractivity contribution >= 4 is 11.9 Å². The van der Waals surface area contributed by atoms with Crippen LogP contribution in [-0.2, 0) is 14.3 Å². The van der Waals surface area contributed by atoms with Crippen LogP contribution < -0.4 is 0 Å². The number of aliphatic carboxylic acids is 1. The van der Waals surface area contributed by atoms with Gasteiger partial charge in [-0.05, 0) is 11.6 Å². The Morgan fingerprint density at radius 3 is 2.74 bits per heavy atom. The largest absolute Gasteiger partial charge is 0.481 e. The van der Waals surface area contributed by atoms with Gasteiger partial charge in [-0.1, -0.05) is 6.07 Å². The van der Waals surface area contributed by atoms with Crippen LogP contribution in [0, 0.1) is 5.92 Å². The molecule has 1 aromatic rings. The van der Waals surface area contributed by atoms with Crippen LogP contribution in [0.15, 0.2) is 24.5 Å². The summed E-state index contributed by atoms with van der Waals surface area (Å²) in [6.45, 7) is 3.80. The molecule has 124 valence electrons. The van der Waals surface area contributed by atoms with E-state index in [1.807, 2.05) is 6.07 Å². The number of pyridine rings is 1. The Kier molecular flexibility index (Phi) is 4.88. The number of likely N-dealkylation sites (tertiary alicyclic amines) is 1. The lowest BCUT2D eigenvalue weighted by molar-refractivity contribution is -0.142. The van der Waals surface area contributed by atoms with Crippen LogP contribution in [0.5, 0.6) is 0 Å². The van der Waals surface area contributed by atoms with E-state index < -0.39 is 11.9 Å². The summed E-state index contributed by atoms with van der Waals surface area (Å²) in [5.41, 5.74) is 0.876. The number of aromatic nitrogens is 1. The molecule has 1 N–H and O–H groups in total. The van der Waals surface area contributed by atoms with Gasteiger partial charge >= 0.3 is 5.97 Å². The molecule has 0 unspecified atom stereocenters. The van der Waals surface area contributed by atoms with Gasteiger partial charge in [0, 0.05) is 44.5 Å². The summed E-state index contributed by atoms with van der Waals surface area (Å²) in [4.78, 5) is 31.8. The fraction of sp³-hybridized carbons (Fsp3) is 0.562. The van der Waals surface area contributed by atoms with E-state index in [0.717, 1.165) is 18.7 Å². The lowest BCUT2D eigenvalue weighted by atomic mass is 9.90. The standard InChI is InChI=1S/C16H21N3O4/c20-15(11-18-4-6-23-7-5-18)19-9-13(14(10-19)16(21)22)12-2-1-3-17-8-12/h1-3,8,13-14H,4-7,9-11H2,(H,21,22)/t13-,14+/m0/s1. The number of amides is 1. The minimum absolute atomic E-state index is 0.00968. The van der Waals surface area contributed by atoms with Gasteiger partial charge in [0.2, 0.25) is 5.91 Å². The molecule has 0 saturated carbocycles. The highest BCUT2D eigenvalue weighted by Gasteiger charge is 2.40. The molecule has 23 heavy (non-hydrogen) atoms. The molecule has 0 bridgehead atoms. The number of carbonyl (C=O) groups is 2. The summed E-state index contributed by atoms with van der Waals surface area (Å²) in [6, 6.07) is 3.68. The number of hydrogen-bond donors (Lipinski definition) is 1. The first-order chi connectivity index (χ1) is 11.1. The van der Waals surface area contributed by atoms with E-state index in [0.29, 0.717) is 26.3 Å². The lowest BCUT2D eigenvalue weighted by Gasteiger charge is -2.28. The van der Waals surface area contributed by atoms with Crippen LogP contribution in [0.25, 0.3) is 0 Å². The molecule has 2 aliphatic rings. The van der Waals surface area contributed by atoms with E-state index >= 15 is 0 Å². The van der Waals surface area contributed by atoms with Gasteiger partial charge in [0.05, 0.1) is 25.7 Å². The zero-order valence-electron chi connectivity index (χ0n) is 12.9. The Morgan fingerprint density at radius 2 is 2.09 bits per heavy atom.